The Bertz CT molecular complexity index is 1060. The lowest BCUT2D eigenvalue weighted by atomic mass is 10.2. The summed E-state index contributed by atoms with van der Waals surface area (Å²) in [6, 6.07) is 22.8. The minimum Gasteiger partial charge on any atom is -0.350 e. The Labute approximate surface area is 144 Å². The highest BCUT2D eigenvalue weighted by Crippen LogP contribution is 2.15. The summed E-state index contributed by atoms with van der Waals surface area (Å²) in [6.07, 6.45) is 1.73. The summed E-state index contributed by atoms with van der Waals surface area (Å²) >= 11 is 0. The van der Waals surface area contributed by atoms with Gasteiger partial charge in [-0.3, -0.25) is 9.36 Å². The van der Waals surface area contributed by atoms with Crippen LogP contribution in [0.5, 0.6) is 0 Å². The molecule has 0 saturated heterocycles. The first-order valence-electron chi connectivity index (χ1n) is 8.03. The molecule has 1 N–H and O–H groups in total. The molecule has 0 unspecified atom stereocenters. The number of anilines is 1. The predicted molar refractivity (Wildman–Crippen MR) is 98.9 cm³/mol. The second kappa shape index (κ2) is 6.57. The highest BCUT2D eigenvalue weighted by atomic mass is 16.1. The van der Waals surface area contributed by atoms with Gasteiger partial charge in [0.05, 0.1) is 5.69 Å². The molecular formula is C20H16N4O. The topological polar surface area (TPSA) is 59.8 Å². The molecule has 0 aliphatic carbocycles. The Morgan fingerprint density at radius 1 is 0.880 bits per heavy atom. The summed E-state index contributed by atoms with van der Waals surface area (Å²) in [7, 11) is 0. The zero-order valence-corrected chi connectivity index (χ0v) is 13.5. The van der Waals surface area contributed by atoms with Gasteiger partial charge in [-0.15, -0.1) is 0 Å². The molecule has 0 fully saturated rings. The fourth-order valence-corrected chi connectivity index (χ4v) is 2.71. The number of para-hydroxylation sites is 1. The van der Waals surface area contributed by atoms with E-state index >= 15 is 0 Å². The van der Waals surface area contributed by atoms with Crippen LogP contribution in [0.3, 0.4) is 0 Å². The van der Waals surface area contributed by atoms with Crippen LogP contribution in [-0.4, -0.2) is 14.5 Å². The van der Waals surface area contributed by atoms with Gasteiger partial charge in [0.2, 0.25) is 5.95 Å². The molecule has 2 aromatic heterocycles. The van der Waals surface area contributed by atoms with Crippen LogP contribution in [0.1, 0.15) is 5.56 Å². The van der Waals surface area contributed by atoms with Crippen molar-refractivity contribution in [3.63, 3.8) is 0 Å². The van der Waals surface area contributed by atoms with Crippen LogP contribution >= 0.6 is 0 Å². The highest BCUT2D eigenvalue weighted by molar-refractivity contribution is 5.76. The van der Waals surface area contributed by atoms with Gasteiger partial charge >= 0.3 is 0 Å². The van der Waals surface area contributed by atoms with E-state index in [0.717, 1.165) is 16.6 Å². The molecule has 4 rings (SSSR count). The minimum atomic E-state index is -0.119. The second-order valence-electron chi connectivity index (χ2n) is 5.65. The number of hydrogen-bond acceptors (Lipinski definition) is 4. The van der Waals surface area contributed by atoms with E-state index in [-0.39, 0.29) is 5.56 Å². The smallest absolute Gasteiger partial charge is 0.256 e. The third-order valence-electron chi connectivity index (χ3n) is 3.94. The lowest BCUT2D eigenvalue weighted by molar-refractivity contribution is 0.991. The van der Waals surface area contributed by atoms with Crippen molar-refractivity contribution in [1.82, 2.24) is 14.5 Å². The standard InChI is InChI=1S/C20H16N4O/c25-18-12-11-16-14-22-20(21-13-15-7-3-1-4-8-15)23-19(16)24(18)17-9-5-2-6-10-17/h1-12,14H,13H2,(H,21,22,23). The van der Waals surface area contributed by atoms with E-state index in [1.165, 1.54) is 6.07 Å². The molecule has 0 spiro atoms. The van der Waals surface area contributed by atoms with E-state index in [0.29, 0.717) is 18.1 Å². The van der Waals surface area contributed by atoms with E-state index in [2.05, 4.69) is 15.3 Å². The van der Waals surface area contributed by atoms with Crippen molar-refractivity contribution in [3.05, 3.63) is 94.9 Å². The Balaban J connectivity index is 1.75. The van der Waals surface area contributed by atoms with Crippen molar-refractivity contribution in [1.29, 1.82) is 0 Å². The average Bonchev–Trinajstić information content (AvgIpc) is 2.67. The molecule has 5 heteroatoms. The number of aromatic nitrogens is 3. The number of hydrogen-bond donors (Lipinski definition) is 1. The van der Waals surface area contributed by atoms with Gasteiger partial charge in [0, 0.05) is 24.2 Å². The van der Waals surface area contributed by atoms with Crippen molar-refractivity contribution in [2.45, 2.75) is 6.54 Å². The van der Waals surface area contributed by atoms with Crippen molar-refractivity contribution < 1.29 is 0 Å². The number of nitrogens with one attached hydrogen (secondary N) is 1. The van der Waals surface area contributed by atoms with E-state index in [9.17, 15) is 4.79 Å². The zero-order valence-electron chi connectivity index (χ0n) is 13.5. The third kappa shape index (κ3) is 3.12. The first-order valence-corrected chi connectivity index (χ1v) is 8.03. The summed E-state index contributed by atoms with van der Waals surface area (Å²) in [5, 5.41) is 4.03. The fraction of sp³-hybridized carbons (Fsp3) is 0.0500. The van der Waals surface area contributed by atoms with Crippen LogP contribution in [0, 0.1) is 0 Å². The molecule has 0 amide bonds. The van der Waals surface area contributed by atoms with Gasteiger partial charge in [-0.25, -0.2) is 4.98 Å². The van der Waals surface area contributed by atoms with E-state index in [1.54, 1.807) is 16.8 Å². The number of benzene rings is 2. The third-order valence-corrected chi connectivity index (χ3v) is 3.94. The summed E-state index contributed by atoms with van der Waals surface area (Å²) in [4.78, 5) is 21.3. The molecule has 0 aliphatic rings. The molecule has 0 aliphatic heterocycles. The van der Waals surface area contributed by atoms with Crippen LogP contribution < -0.4 is 10.9 Å². The molecule has 2 aromatic carbocycles. The summed E-state index contributed by atoms with van der Waals surface area (Å²) in [5.74, 6) is 0.492. The monoisotopic (exact) mass is 328 g/mol. The van der Waals surface area contributed by atoms with Crippen molar-refractivity contribution >= 4 is 17.0 Å². The van der Waals surface area contributed by atoms with Gasteiger partial charge in [-0.1, -0.05) is 48.5 Å². The quantitative estimate of drug-likeness (QED) is 0.624. The van der Waals surface area contributed by atoms with Crippen LogP contribution in [-0.2, 0) is 6.54 Å². The normalized spacial score (nSPS) is 10.7. The number of nitrogens with zero attached hydrogens (tertiary/aromatic N) is 3. The predicted octanol–water partition coefficient (Wildman–Crippen LogP) is 3.39. The molecule has 122 valence electrons. The van der Waals surface area contributed by atoms with Crippen molar-refractivity contribution in [3.8, 4) is 5.69 Å². The van der Waals surface area contributed by atoms with Crippen LogP contribution in [0.4, 0.5) is 5.95 Å². The summed E-state index contributed by atoms with van der Waals surface area (Å²) in [5.41, 5.74) is 2.39. The minimum absolute atomic E-state index is 0.119. The maximum absolute atomic E-state index is 12.4. The molecule has 5 nitrogen and oxygen atoms in total. The molecule has 0 radical (unpaired) electrons. The number of pyridine rings is 1. The molecule has 0 bridgehead atoms. The number of rotatable bonds is 4. The molecule has 0 saturated carbocycles. The van der Waals surface area contributed by atoms with E-state index < -0.39 is 0 Å². The van der Waals surface area contributed by atoms with Gasteiger partial charge in [0.15, 0.2) is 5.65 Å². The maximum atomic E-state index is 12.4. The van der Waals surface area contributed by atoms with Gasteiger partial charge in [-0.05, 0) is 23.8 Å². The Hall–Kier alpha value is -3.47. The molecule has 0 atom stereocenters. The first-order chi connectivity index (χ1) is 12.3. The van der Waals surface area contributed by atoms with Gasteiger partial charge < -0.3 is 5.32 Å². The van der Waals surface area contributed by atoms with E-state index in [1.807, 2.05) is 60.7 Å². The van der Waals surface area contributed by atoms with Crippen LogP contribution in [0.15, 0.2) is 83.8 Å². The lowest BCUT2D eigenvalue weighted by Crippen LogP contribution is -2.18. The lowest BCUT2D eigenvalue weighted by Gasteiger charge is -2.11. The van der Waals surface area contributed by atoms with E-state index in [4.69, 9.17) is 0 Å². The van der Waals surface area contributed by atoms with Gasteiger partial charge in [0.1, 0.15) is 0 Å². The Kier molecular flexibility index (Phi) is 3.96. The molecular weight excluding hydrogens is 312 g/mol. The van der Waals surface area contributed by atoms with Gasteiger partial charge in [0.25, 0.3) is 5.56 Å². The van der Waals surface area contributed by atoms with Crippen molar-refractivity contribution in [2.75, 3.05) is 5.32 Å². The van der Waals surface area contributed by atoms with Crippen LogP contribution in [0.2, 0.25) is 0 Å². The fourth-order valence-electron chi connectivity index (χ4n) is 2.71. The maximum Gasteiger partial charge on any atom is 0.256 e. The first kappa shape index (κ1) is 15.1. The molecule has 25 heavy (non-hydrogen) atoms. The molecule has 2 heterocycles. The summed E-state index contributed by atoms with van der Waals surface area (Å²) in [6.45, 7) is 0.620. The largest absolute Gasteiger partial charge is 0.350 e. The number of fused-ring (bicyclic) bond motifs is 1. The van der Waals surface area contributed by atoms with Crippen molar-refractivity contribution in [2.24, 2.45) is 0 Å². The van der Waals surface area contributed by atoms with Gasteiger partial charge in [-0.2, -0.15) is 4.98 Å². The Morgan fingerprint density at radius 3 is 2.36 bits per heavy atom. The highest BCUT2D eigenvalue weighted by Gasteiger charge is 2.08. The summed E-state index contributed by atoms with van der Waals surface area (Å²) < 4.78 is 1.60. The SMILES string of the molecule is O=c1ccc2cnc(NCc3ccccc3)nc2n1-c1ccccc1. The molecule has 4 aromatic rings. The Morgan fingerprint density at radius 2 is 1.60 bits per heavy atom. The second-order valence-corrected chi connectivity index (χ2v) is 5.65. The zero-order chi connectivity index (χ0) is 17.1. The average molecular weight is 328 g/mol. The van der Waals surface area contributed by atoms with Crippen LogP contribution in [0.25, 0.3) is 16.7 Å².